The van der Waals surface area contributed by atoms with E-state index < -0.39 is 0 Å². The summed E-state index contributed by atoms with van der Waals surface area (Å²) in [6.45, 7) is 4.01. The molecule has 0 aromatic heterocycles. The molecule has 1 fully saturated rings. The molecule has 4 rings (SSSR count). The van der Waals surface area contributed by atoms with E-state index in [-0.39, 0.29) is 23.7 Å². The van der Waals surface area contributed by atoms with Crippen molar-refractivity contribution in [2.45, 2.75) is 26.7 Å². The lowest BCUT2D eigenvalue weighted by molar-refractivity contribution is -0.122. The zero-order chi connectivity index (χ0) is 19.1. The molecular formula is C22H20ClNO3. The second kappa shape index (κ2) is 6.86. The summed E-state index contributed by atoms with van der Waals surface area (Å²) in [7, 11) is 0. The van der Waals surface area contributed by atoms with Crippen LogP contribution in [0.1, 0.15) is 25.3 Å². The maximum absolute atomic E-state index is 12.8. The standard InChI is InChI=1S/C22H20ClNO3/c1-13-3-7-16(8-4-13)27-20-10-6-15(12-19(20)23)24-21(25)17-9-5-14(2)11-18(17)22(24)26/h3-8,10,12,17-18H,9,11H2,1-2H3. The van der Waals surface area contributed by atoms with E-state index in [1.165, 1.54) is 10.5 Å². The van der Waals surface area contributed by atoms with Gasteiger partial charge in [-0.2, -0.15) is 0 Å². The Morgan fingerprint density at radius 1 is 1.00 bits per heavy atom. The summed E-state index contributed by atoms with van der Waals surface area (Å²) in [5, 5.41) is 0.359. The normalized spacial score (nSPS) is 21.9. The van der Waals surface area contributed by atoms with Gasteiger partial charge in [0, 0.05) is 0 Å². The second-order valence-electron chi connectivity index (χ2n) is 7.25. The lowest BCUT2D eigenvalue weighted by Crippen LogP contribution is -2.30. The van der Waals surface area contributed by atoms with Crippen LogP contribution in [0, 0.1) is 18.8 Å². The maximum atomic E-state index is 12.8. The van der Waals surface area contributed by atoms with Crippen molar-refractivity contribution in [1.29, 1.82) is 0 Å². The van der Waals surface area contributed by atoms with Crippen molar-refractivity contribution in [3.8, 4) is 11.5 Å². The molecule has 4 nitrogen and oxygen atoms in total. The second-order valence-corrected chi connectivity index (χ2v) is 7.65. The minimum Gasteiger partial charge on any atom is -0.456 e. The van der Waals surface area contributed by atoms with Gasteiger partial charge in [0.1, 0.15) is 11.5 Å². The van der Waals surface area contributed by atoms with Gasteiger partial charge in [-0.3, -0.25) is 9.59 Å². The summed E-state index contributed by atoms with van der Waals surface area (Å²) in [5.74, 6) is 0.361. The first kappa shape index (κ1) is 17.8. The zero-order valence-corrected chi connectivity index (χ0v) is 16.0. The highest BCUT2D eigenvalue weighted by molar-refractivity contribution is 6.33. The van der Waals surface area contributed by atoms with Crippen LogP contribution in [0.4, 0.5) is 5.69 Å². The molecule has 1 aliphatic heterocycles. The van der Waals surface area contributed by atoms with Gasteiger partial charge < -0.3 is 4.74 Å². The molecule has 2 aromatic carbocycles. The SMILES string of the molecule is CC1=CCC2C(=O)N(c3ccc(Oc4ccc(C)cc4)c(Cl)c3)C(=O)C2C1. The number of imide groups is 1. The van der Waals surface area contributed by atoms with Crippen LogP contribution >= 0.6 is 11.6 Å². The summed E-state index contributed by atoms with van der Waals surface area (Å²) >= 11 is 6.38. The number of anilines is 1. The maximum Gasteiger partial charge on any atom is 0.238 e. The van der Waals surface area contributed by atoms with Crippen molar-refractivity contribution in [2.75, 3.05) is 4.90 Å². The Morgan fingerprint density at radius 3 is 2.41 bits per heavy atom. The van der Waals surface area contributed by atoms with Gasteiger partial charge in [0.2, 0.25) is 11.8 Å². The highest BCUT2D eigenvalue weighted by Crippen LogP contribution is 2.41. The lowest BCUT2D eigenvalue weighted by Gasteiger charge is -2.18. The van der Waals surface area contributed by atoms with E-state index in [1.54, 1.807) is 18.2 Å². The molecule has 1 saturated heterocycles. The van der Waals surface area contributed by atoms with E-state index in [0.29, 0.717) is 35.1 Å². The van der Waals surface area contributed by atoms with Gasteiger partial charge in [0.15, 0.2) is 0 Å². The van der Waals surface area contributed by atoms with Crippen molar-refractivity contribution in [3.63, 3.8) is 0 Å². The molecule has 0 bridgehead atoms. The minimum absolute atomic E-state index is 0.138. The number of allylic oxidation sites excluding steroid dienone is 2. The molecule has 2 aromatic rings. The Morgan fingerprint density at radius 2 is 1.70 bits per heavy atom. The van der Waals surface area contributed by atoms with Crippen LogP contribution in [0.5, 0.6) is 11.5 Å². The molecule has 27 heavy (non-hydrogen) atoms. The predicted octanol–water partition coefficient (Wildman–Crippen LogP) is 5.29. The van der Waals surface area contributed by atoms with Gasteiger partial charge in [-0.1, -0.05) is 40.9 Å². The molecular weight excluding hydrogens is 362 g/mol. The monoisotopic (exact) mass is 381 g/mol. The number of amides is 2. The number of rotatable bonds is 3. The molecule has 0 N–H and O–H groups in total. The molecule has 2 atom stereocenters. The fraction of sp³-hybridized carbons (Fsp3) is 0.273. The van der Waals surface area contributed by atoms with Gasteiger partial charge in [0.25, 0.3) is 0 Å². The van der Waals surface area contributed by atoms with Crippen LogP contribution in [-0.4, -0.2) is 11.8 Å². The molecule has 2 unspecified atom stereocenters. The Labute approximate surface area is 163 Å². The van der Waals surface area contributed by atoms with E-state index in [0.717, 1.165) is 5.56 Å². The fourth-order valence-corrected chi connectivity index (χ4v) is 3.95. The molecule has 5 heteroatoms. The van der Waals surface area contributed by atoms with Crippen LogP contribution in [0.15, 0.2) is 54.1 Å². The number of aryl methyl sites for hydroxylation is 1. The Kier molecular flexibility index (Phi) is 4.52. The van der Waals surface area contributed by atoms with Crippen LogP contribution in [0.3, 0.4) is 0 Å². The van der Waals surface area contributed by atoms with Gasteiger partial charge >= 0.3 is 0 Å². The number of halogens is 1. The van der Waals surface area contributed by atoms with Gasteiger partial charge in [0.05, 0.1) is 22.5 Å². The van der Waals surface area contributed by atoms with E-state index in [9.17, 15) is 9.59 Å². The van der Waals surface area contributed by atoms with Crippen LogP contribution in [0.25, 0.3) is 0 Å². The number of carbonyl (C=O) groups is 2. The van der Waals surface area contributed by atoms with E-state index in [1.807, 2.05) is 38.1 Å². The average molecular weight is 382 g/mol. The third-order valence-corrected chi connectivity index (χ3v) is 5.54. The third kappa shape index (κ3) is 3.26. The number of fused-ring (bicyclic) bond motifs is 1. The first-order valence-corrected chi connectivity index (χ1v) is 9.39. The first-order valence-electron chi connectivity index (χ1n) is 9.01. The third-order valence-electron chi connectivity index (χ3n) is 5.25. The van der Waals surface area contributed by atoms with Gasteiger partial charge in [-0.25, -0.2) is 4.90 Å². The summed E-state index contributed by atoms with van der Waals surface area (Å²) in [6, 6.07) is 12.7. The summed E-state index contributed by atoms with van der Waals surface area (Å²) in [6.07, 6.45) is 3.33. The number of carbonyl (C=O) groups excluding carboxylic acids is 2. The topological polar surface area (TPSA) is 46.6 Å². The van der Waals surface area contributed by atoms with Crippen LogP contribution in [-0.2, 0) is 9.59 Å². The van der Waals surface area contributed by atoms with Crippen molar-refractivity contribution < 1.29 is 14.3 Å². The molecule has 2 amide bonds. The average Bonchev–Trinajstić information content (AvgIpc) is 2.89. The van der Waals surface area contributed by atoms with Gasteiger partial charge in [-0.15, -0.1) is 0 Å². The minimum atomic E-state index is -0.261. The molecule has 1 heterocycles. The zero-order valence-electron chi connectivity index (χ0n) is 15.2. The molecule has 1 aliphatic carbocycles. The Hall–Kier alpha value is -2.59. The highest BCUT2D eigenvalue weighted by atomic mass is 35.5. The number of ether oxygens (including phenoxy) is 1. The number of nitrogens with zero attached hydrogens (tertiary/aromatic N) is 1. The first-order chi connectivity index (χ1) is 12.9. The summed E-state index contributed by atoms with van der Waals surface area (Å²) < 4.78 is 5.82. The summed E-state index contributed by atoms with van der Waals surface area (Å²) in [5.41, 5.74) is 2.80. The van der Waals surface area contributed by atoms with Crippen LogP contribution < -0.4 is 9.64 Å². The molecule has 2 aliphatic rings. The largest absolute Gasteiger partial charge is 0.456 e. The Balaban J connectivity index is 1.58. The summed E-state index contributed by atoms with van der Waals surface area (Å²) in [4.78, 5) is 26.9. The van der Waals surface area contributed by atoms with Gasteiger partial charge in [-0.05, 0) is 57.0 Å². The number of hydrogen-bond acceptors (Lipinski definition) is 3. The van der Waals surface area contributed by atoms with E-state index in [4.69, 9.17) is 16.3 Å². The number of benzene rings is 2. The molecule has 138 valence electrons. The molecule has 0 saturated carbocycles. The van der Waals surface area contributed by atoms with Crippen molar-refractivity contribution in [2.24, 2.45) is 11.8 Å². The van der Waals surface area contributed by atoms with Crippen LogP contribution in [0.2, 0.25) is 5.02 Å². The smallest absolute Gasteiger partial charge is 0.238 e. The van der Waals surface area contributed by atoms with Crippen molar-refractivity contribution in [1.82, 2.24) is 0 Å². The van der Waals surface area contributed by atoms with E-state index >= 15 is 0 Å². The van der Waals surface area contributed by atoms with Crippen molar-refractivity contribution in [3.05, 3.63) is 64.7 Å². The van der Waals surface area contributed by atoms with Crippen molar-refractivity contribution >= 4 is 29.1 Å². The van der Waals surface area contributed by atoms with E-state index in [2.05, 4.69) is 6.08 Å². The fourth-order valence-electron chi connectivity index (χ4n) is 3.74. The molecule has 0 radical (unpaired) electrons. The quantitative estimate of drug-likeness (QED) is 0.536. The number of hydrogen-bond donors (Lipinski definition) is 0. The Bertz CT molecular complexity index is 949. The predicted molar refractivity (Wildman–Crippen MR) is 105 cm³/mol. The lowest BCUT2D eigenvalue weighted by atomic mass is 9.82. The molecule has 0 spiro atoms. The highest BCUT2D eigenvalue weighted by Gasteiger charge is 2.48.